The quantitative estimate of drug-likeness (QED) is 0.314. The van der Waals surface area contributed by atoms with Crippen LogP contribution < -0.4 is 20.7 Å². The Morgan fingerprint density at radius 3 is 2.12 bits per heavy atom. The van der Waals surface area contributed by atoms with Crippen molar-refractivity contribution in [2.45, 2.75) is 13.0 Å². The first-order chi connectivity index (χ1) is 16.5. The monoisotopic (exact) mass is 477 g/mol. The van der Waals surface area contributed by atoms with Crippen molar-refractivity contribution in [1.82, 2.24) is 10.6 Å². The van der Waals surface area contributed by atoms with Gasteiger partial charge in [0.05, 0.1) is 12.6 Å². The normalized spacial score (nSPS) is 11.2. The van der Waals surface area contributed by atoms with Crippen molar-refractivity contribution in [1.29, 1.82) is 0 Å². The average molecular weight is 478 g/mol. The minimum absolute atomic E-state index is 0.111. The molecule has 8 heteroatoms. The molecule has 0 aliphatic rings. The van der Waals surface area contributed by atoms with Crippen LogP contribution in [0.5, 0.6) is 5.75 Å². The molecule has 3 aromatic carbocycles. The van der Waals surface area contributed by atoms with Gasteiger partial charge in [0.2, 0.25) is 0 Å². The molecule has 176 valence electrons. The zero-order valence-corrected chi connectivity index (χ0v) is 19.9. The van der Waals surface area contributed by atoms with Gasteiger partial charge >= 0.3 is 0 Å². The molecule has 2 amide bonds. The van der Waals surface area contributed by atoms with Crippen LogP contribution >= 0.6 is 12.2 Å². The van der Waals surface area contributed by atoms with E-state index in [1.54, 1.807) is 55.6 Å². The molecule has 7 nitrogen and oxygen atoms in total. The molecule has 0 aliphatic heterocycles. The van der Waals surface area contributed by atoms with E-state index in [4.69, 9.17) is 21.7 Å². The van der Waals surface area contributed by atoms with E-state index in [1.807, 2.05) is 37.3 Å². The first-order valence-corrected chi connectivity index (χ1v) is 11.2. The van der Waals surface area contributed by atoms with Gasteiger partial charge in [-0.05, 0) is 73.2 Å². The second-order valence-electron chi connectivity index (χ2n) is 7.46. The fourth-order valence-corrected chi connectivity index (χ4v) is 3.30. The highest BCUT2D eigenvalue weighted by Gasteiger charge is 2.12. The van der Waals surface area contributed by atoms with E-state index < -0.39 is 0 Å². The van der Waals surface area contributed by atoms with Gasteiger partial charge in [0.15, 0.2) is 5.11 Å². The largest absolute Gasteiger partial charge is 0.491 e. The van der Waals surface area contributed by atoms with Crippen molar-refractivity contribution in [3.05, 3.63) is 95.6 Å². The highest BCUT2D eigenvalue weighted by molar-refractivity contribution is 7.80. The Labute approximate surface area is 204 Å². The summed E-state index contributed by atoms with van der Waals surface area (Å²) in [5.41, 5.74) is 2.65. The van der Waals surface area contributed by atoms with Crippen LogP contribution in [0.2, 0.25) is 0 Å². The lowest BCUT2D eigenvalue weighted by molar-refractivity contribution is 0.0938. The highest BCUT2D eigenvalue weighted by atomic mass is 32.1. The van der Waals surface area contributed by atoms with E-state index in [2.05, 4.69) is 16.0 Å². The average Bonchev–Trinajstić information content (AvgIpc) is 2.85. The second kappa shape index (κ2) is 12.5. The number of amides is 2. The van der Waals surface area contributed by atoms with Crippen LogP contribution in [0, 0.1) is 0 Å². The smallest absolute Gasteiger partial charge is 0.257 e. The number of hydrogen-bond acceptors (Lipinski definition) is 5. The third-order valence-electron chi connectivity index (χ3n) is 4.95. The van der Waals surface area contributed by atoms with Gasteiger partial charge in [-0.25, -0.2) is 0 Å². The maximum Gasteiger partial charge on any atom is 0.257 e. The number of methoxy groups -OCH3 is 1. The summed E-state index contributed by atoms with van der Waals surface area (Å²) in [6.07, 6.45) is 0. The van der Waals surface area contributed by atoms with Crippen LogP contribution in [-0.2, 0) is 4.74 Å². The molecule has 3 N–H and O–H groups in total. The maximum absolute atomic E-state index is 12.5. The summed E-state index contributed by atoms with van der Waals surface area (Å²) in [5.74, 6) is 0.136. The molecule has 0 fully saturated rings. The number of rotatable bonds is 9. The molecule has 0 spiro atoms. The molecule has 3 aromatic rings. The number of carbonyl (C=O) groups excluding carboxylic acids is 2. The molecular formula is C26H27N3O4S. The zero-order chi connectivity index (χ0) is 24.3. The number of nitrogens with one attached hydrogen (secondary N) is 3. The second-order valence-corrected chi connectivity index (χ2v) is 7.87. The number of hydrogen-bond donors (Lipinski definition) is 3. The van der Waals surface area contributed by atoms with E-state index in [-0.39, 0.29) is 23.0 Å². The molecule has 0 bridgehead atoms. The summed E-state index contributed by atoms with van der Waals surface area (Å²) in [4.78, 5) is 25.0. The predicted octanol–water partition coefficient (Wildman–Crippen LogP) is 4.33. The van der Waals surface area contributed by atoms with Gasteiger partial charge in [0.1, 0.15) is 12.4 Å². The Bertz CT molecular complexity index is 1100. The molecule has 0 saturated heterocycles. The van der Waals surface area contributed by atoms with Gasteiger partial charge in [0.25, 0.3) is 11.8 Å². The lowest BCUT2D eigenvalue weighted by Gasteiger charge is -2.15. The molecule has 0 aliphatic carbocycles. The summed E-state index contributed by atoms with van der Waals surface area (Å²) in [6.45, 7) is 2.86. The predicted molar refractivity (Wildman–Crippen MR) is 136 cm³/mol. The van der Waals surface area contributed by atoms with Crippen LogP contribution in [0.3, 0.4) is 0 Å². The number of thiocarbonyl (C=S) groups is 1. The molecule has 0 heterocycles. The molecule has 1 unspecified atom stereocenters. The number of anilines is 1. The highest BCUT2D eigenvalue weighted by Crippen LogP contribution is 2.15. The van der Waals surface area contributed by atoms with Crippen LogP contribution in [-0.4, -0.2) is 37.3 Å². The van der Waals surface area contributed by atoms with Crippen LogP contribution in [0.1, 0.15) is 39.2 Å². The fourth-order valence-electron chi connectivity index (χ4n) is 3.09. The van der Waals surface area contributed by atoms with Crippen molar-refractivity contribution in [2.24, 2.45) is 0 Å². The molecule has 34 heavy (non-hydrogen) atoms. The maximum atomic E-state index is 12.5. The van der Waals surface area contributed by atoms with Gasteiger partial charge in [-0.2, -0.15) is 0 Å². The third kappa shape index (κ3) is 7.40. The van der Waals surface area contributed by atoms with Crippen molar-refractivity contribution >= 4 is 34.8 Å². The molecular weight excluding hydrogens is 450 g/mol. The summed E-state index contributed by atoms with van der Waals surface area (Å²) in [6, 6.07) is 23.2. The van der Waals surface area contributed by atoms with Crippen LogP contribution in [0.25, 0.3) is 0 Å². The number of carbonyl (C=O) groups is 2. The third-order valence-corrected chi connectivity index (χ3v) is 5.16. The Morgan fingerprint density at radius 1 is 0.853 bits per heavy atom. The van der Waals surface area contributed by atoms with Gasteiger partial charge < -0.3 is 20.1 Å². The number of ether oxygens (including phenoxy) is 2. The van der Waals surface area contributed by atoms with E-state index >= 15 is 0 Å². The lowest BCUT2D eigenvalue weighted by atomic mass is 10.1. The summed E-state index contributed by atoms with van der Waals surface area (Å²) in [7, 11) is 1.60. The van der Waals surface area contributed by atoms with Gasteiger partial charge in [-0.15, -0.1) is 0 Å². The van der Waals surface area contributed by atoms with E-state index in [9.17, 15) is 9.59 Å². The topological polar surface area (TPSA) is 88.7 Å². The minimum Gasteiger partial charge on any atom is -0.491 e. The first-order valence-electron chi connectivity index (χ1n) is 10.8. The molecule has 3 rings (SSSR count). The standard InChI is InChI=1S/C26H27N3O4S/c1-18(19-6-4-3-5-7-19)27-24(30)20-8-12-22(13-9-20)28-26(34)29-25(31)21-10-14-23(15-11-21)33-17-16-32-2/h3-15,18H,16-17H2,1-2H3,(H,27,30)(H2,28,29,31,34). The molecule has 0 saturated carbocycles. The Hall–Kier alpha value is -3.75. The molecule has 0 aromatic heterocycles. The number of benzene rings is 3. The molecule has 1 atom stereocenters. The van der Waals surface area contributed by atoms with E-state index in [0.29, 0.717) is 35.8 Å². The summed E-state index contributed by atoms with van der Waals surface area (Å²) < 4.78 is 10.4. The van der Waals surface area contributed by atoms with Crippen molar-refractivity contribution in [3.8, 4) is 5.75 Å². The van der Waals surface area contributed by atoms with Gasteiger partial charge in [-0.1, -0.05) is 30.3 Å². The van der Waals surface area contributed by atoms with Gasteiger partial charge in [-0.3, -0.25) is 14.9 Å². The lowest BCUT2D eigenvalue weighted by Crippen LogP contribution is -2.34. The van der Waals surface area contributed by atoms with Gasteiger partial charge in [0, 0.05) is 23.9 Å². The van der Waals surface area contributed by atoms with E-state index in [0.717, 1.165) is 5.56 Å². The minimum atomic E-state index is -0.341. The van der Waals surface area contributed by atoms with E-state index in [1.165, 1.54) is 0 Å². The van der Waals surface area contributed by atoms with Crippen molar-refractivity contribution in [2.75, 3.05) is 25.6 Å². The Kier molecular flexibility index (Phi) is 9.13. The first kappa shape index (κ1) is 24.9. The zero-order valence-electron chi connectivity index (χ0n) is 19.0. The SMILES string of the molecule is COCCOc1ccc(C(=O)NC(=S)Nc2ccc(C(=O)NC(C)c3ccccc3)cc2)cc1. The Morgan fingerprint density at radius 2 is 1.47 bits per heavy atom. The van der Waals surface area contributed by atoms with Crippen LogP contribution in [0.15, 0.2) is 78.9 Å². The summed E-state index contributed by atoms with van der Waals surface area (Å²) in [5, 5.41) is 8.72. The van der Waals surface area contributed by atoms with Crippen molar-refractivity contribution in [3.63, 3.8) is 0 Å². The summed E-state index contributed by atoms with van der Waals surface area (Å²) >= 11 is 5.24. The Balaban J connectivity index is 1.49. The fraction of sp³-hybridized carbons (Fsp3) is 0.192. The van der Waals surface area contributed by atoms with Crippen LogP contribution in [0.4, 0.5) is 5.69 Å². The van der Waals surface area contributed by atoms with Crippen molar-refractivity contribution < 1.29 is 19.1 Å². The molecule has 0 radical (unpaired) electrons.